The number of fused-ring (bicyclic) bond motifs is 1. The van der Waals surface area contributed by atoms with Crippen LogP contribution in [0.4, 0.5) is 17.5 Å². The van der Waals surface area contributed by atoms with Crippen molar-refractivity contribution in [2.75, 3.05) is 55.3 Å². The fourth-order valence-electron chi connectivity index (χ4n) is 3.55. The van der Waals surface area contributed by atoms with Gasteiger partial charge in [-0.15, -0.1) is 0 Å². The maximum atomic E-state index is 6.21. The van der Waals surface area contributed by atoms with E-state index in [9.17, 15) is 0 Å². The van der Waals surface area contributed by atoms with Gasteiger partial charge in [0.2, 0.25) is 5.65 Å². The Bertz CT molecular complexity index is 778. The molecule has 2 aromatic heterocycles. The molecule has 8 heteroatoms. The zero-order chi connectivity index (χ0) is 18.3. The number of morpholine rings is 1. The van der Waals surface area contributed by atoms with Crippen LogP contribution in [0.3, 0.4) is 0 Å². The van der Waals surface area contributed by atoms with E-state index in [0.29, 0.717) is 48.0 Å². The van der Waals surface area contributed by atoms with Crippen LogP contribution in [0.15, 0.2) is 10.5 Å². The number of likely N-dealkylation sites (tertiary alicyclic amines) is 1. The third-order valence-electron chi connectivity index (χ3n) is 5.16. The number of hydrogen-bond donors (Lipinski definition) is 2. The first-order valence-electron chi connectivity index (χ1n) is 9.31. The predicted molar refractivity (Wildman–Crippen MR) is 103 cm³/mol. The molecule has 2 aromatic rings. The zero-order valence-corrected chi connectivity index (χ0v) is 15.8. The van der Waals surface area contributed by atoms with Gasteiger partial charge in [-0.05, 0) is 27.2 Å². The van der Waals surface area contributed by atoms with Crippen molar-refractivity contribution in [1.29, 1.82) is 0 Å². The molecule has 2 aliphatic heterocycles. The molecular weight excluding hydrogens is 332 g/mol. The number of nitrogen functional groups attached to an aromatic ring is 1. The number of nitrogens with two attached hydrogens (primary N) is 1. The largest absolute Gasteiger partial charge is 0.422 e. The van der Waals surface area contributed by atoms with Crippen LogP contribution >= 0.6 is 0 Å². The number of aromatic nitrogens is 2. The maximum absolute atomic E-state index is 6.21. The predicted octanol–water partition coefficient (Wildman–Crippen LogP) is 1.93. The van der Waals surface area contributed by atoms with Crippen molar-refractivity contribution in [3.05, 3.63) is 6.07 Å². The molecule has 0 radical (unpaired) electrons. The third kappa shape index (κ3) is 3.43. The number of nitrogens with zero attached hydrogens (tertiary/aromatic N) is 4. The van der Waals surface area contributed by atoms with Crippen LogP contribution < -0.4 is 16.0 Å². The Labute approximate surface area is 153 Å². The van der Waals surface area contributed by atoms with Gasteiger partial charge in [-0.1, -0.05) is 0 Å². The Balaban J connectivity index is 1.52. The molecular formula is C18H28N6O2. The summed E-state index contributed by atoms with van der Waals surface area (Å²) in [6.45, 7) is 11.7. The highest BCUT2D eigenvalue weighted by molar-refractivity contribution is 5.80. The second-order valence-electron chi connectivity index (χ2n) is 8.09. The van der Waals surface area contributed by atoms with E-state index in [4.69, 9.17) is 14.9 Å². The molecule has 0 unspecified atom stereocenters. The Kier molecular flexibility index (Phi) is 4.40. The summed E-state index contributed by atoms with van der Waals surface area (Å²) < 4.78 is 11.2. The van der Waals surface area contributed by atoms with Crippen molar-refractivity contribution >= 4 is 28.8 Å². The summed E-state index contributed by atoms with van der Waals surface area (Å²) in [6, 6.07) is 2.75. The van der Waals surface area contributed by atoms with E-state index in [1.54, 1.807) is 0 Å². The smallest absolute Gasteiger partial charge is 0.300 e. The Morgan fingerprint density at radius 3 is 2.65 bits per heavy atom. The Hall–Kier alpha value is -2.06. The van der Waals surface area contributed by atoms with Crippen LogP contribution in [0.1, 0.15) is 27.2 Å². The highest BCUT2D eigenvalue weighted by Gasteiger charge is 2.30. The molecule has 0 aromatic carbocycles. The van der Waals surface area contributed by atoms with Crippen LogP contribution in [0.5, 0.6) is 0 Å². The van der Waals surface area contributed by atoms with Gasteiger partial charge in [0.25, 0.3) is 6.01 Å². The van der Waals surface area contributed by atoms with Crippen LogP contribution in [-0.4, -0.2) is 65.8 Å². The van der Waals surface area contributed by atoms with E-state index in [1.807, 2.05) is 6.07 Å². The molecule has 3 N–H and O–H groups in total. The number of oxazole rings is 1. The molecule has 2 fully saturated rings. The van der Waals surface area contributed by atoms with Gasteiger partial charge >= 0.3 is 0 Å². The second kappa shape index (κ2) is 6.59. The number of ether oxygens (including phenoxy) is 1. The monoisotopic (exact) mass is 360 g/mol. The summed E-state index contributed by atoms with van der Waals surface area (Å²) in [4.78, 5) is 13.7. The lowest BCUT2D eigenvalue weighted by molar-refractivity contribution is 0.120. The summed E-state index contributed by atoms with van der Waals surface area (Å²) in [5.41, 5.74) is 8.20. The molecule has 8 nitrogen and oxygen atoms in total. The number of anilines is 3. The lowest BCUT2D eigenvalue weighted by atomic mass is 10.1. The molecule has 0 aliphatic carbocycles. The van der Waals surface area contributed by atoms with Crippen molar-refractivity contribution in [2.45, 2.75) is 38.8 Å². The quantitative estimate of drug-likeness (QED) is 0.858. The van der Waals surface area contributed by atoms with E-state index in [2.05, 4.69) is 45.9 Å². The van der Waals surface area contributed by atoms with E-state index in [-0.39, 0.29) is 5.54 Å². The van der Waals surface area contributed by atoms with Crippen LogP contribution in [0.25, 0.3) is 11.2 Å². The van der Waals surface area contributed by atoms with E-state index >= 15 is 0 Å². The van der Waals surface area contributed by atoms with Crippen molar-refractivity contribution < 1.29 is 9.15 Å². The molecule has 0 saturated carbocycles. The number of rotatable bonds is 3. The molecule has 4 heterocycles. The topological polar surface area (TPSA) is 92.7 Å². The number of nitrogens with one attached hydrogen (secondary N) is 1. The highest BCUT2D eigenvalue weighted by atomic mass is 16.5. The number of hydrogen-bond acceptors (Lipinski definition) is 8. The first kappa shape index (κ1) is 17.4. The van der Waals surface area contributed by atoms with Gasteiger partial charge < -0.3 is 25.1 Å². The first-order valence-corrected chi connectivity index (χ1v) is 9.31. The summed E-state index contributed by atoms with van der Waals surface area (Å²) >= 11 is 0. The Morgan fingerprint density at radius 1 is 1.19 bits per heavy atom. The summed E-state index contributed by atoms with van der Waals surface area (Å²) in [5.74, 6) is 0.695. The average Bonchev–Trinajstić information content (AvgIpc) is 3.22. The number of pyridine rings is 1. The highest BCUT2D eigenvalue weighted by Crippen LogP contribution is 2.29. The zero-order valence-electron chi connectivity index (χ0n) is 15.8. The minimum Gasteiger partial charge on any atom is -0.422 e. The third-order valence-corrected chi connectivity index (χ3v) is 5.16. The first-order chi connectivity index (χ1) is 12.4. The normalized spacial score (nSPS) is 22.3. The summed E-state index contributed by atoms with van der Waals surface area (Å²) in [5, 5.41) is 3.50. The summed E-state index contributed by atoms with van der Waals surface area (Å²) in [7, 11) is 0. The minimum atomic E-state index is 0.179. The van der Waals surface area contributed by atoms with Gasteiger partial charge in [0.1, 0.15) is 0 Å². The van der Waals surface area contributed by atoms with Gasteiger partial charge in [-0.25, -0.2) is 4.98 Å². The van der Waals surface area contributed by atoms with E-state index < -0.39 is 0 Å². The molecule has 0 amide bonds. The molecule has 142 valence electrons. The molecule has 1 atom stereocenters. The van der Waals surface area contributed by atoms with Crippen molar-refractivity contribution in [3.63, 3.8) is 0 Å². The average molecular weight is 360 g/mol. The van der Waals surface area contributed by atoms with Gasteiger partial charge in [0.05, 0.1) is 18.9 Å². The van der Waals surface area contributed by atoms with Crippen LogP contribution in [0.2, 0.25) is 0 Å². The van der Waals surface area contributed by atoms with E-state index in [1.165, 1.54) is 0 Å². The van der Waals surface area contributed by atoms with Gasteiger partial charge in [-0.3, -0.25) is 4.90 Å². The lowest BCUT2D eigenvalue weighted by Crippen LogP contribution is -2.40. The molecule has 0 spiro atoms. The molecule has 2 aliphatic rings. The van der Waals surface area contributed by atoms with Gasteiger partial charge in [0.15, 0.2) is 11.4 Å². The van der Waals surface area contributed by atoms with Crippen LogP contribution in [-0.2, 0) is 4.74 Å². The minimum absolute atomic E-state index is 0.179. The lowest BCUT2D eigenvalue weighted by Gasteiger charge is -2.31. The maximum Gasteiger partial charge on any atom is 0.300 e. The molecule has 0 bridgehead atoms. The van der Waals surface area contributed by atoms with Gasteiger partial charge in [-0.2, -0.15) is 4.98 Å². The summed E-state index contributed by atoms with van der Waals surface area (Å²) in [6.07, 6.45) is 1.08. The SMILES string of the molecule is CC(C)(C)N1CC[C@H](Nc2nc3nc(N4CCOCC4)oc3cc2N)C1. The Morgan fingerprint density at radius 2 is 1.96 bits per heavy atom. The van der Waals surface area contributed by atoms with Crippen molar-refractivity contribution in [2.24, 2.45) is 0 Å². The molecule has 2 saturated heterocycles. The molecule has 26 heavy (non-hydrogen) atoms. The fraction of sp³-hybridized carbons (Fsp3) is 0.667. The van der Waals surface area contributed by atoms with Crippen molar-refractivity contribution in [3.8, 4) is 0 Å². The second-order valence-corrected chi connectivity index (χ2v) is 8.09. The molecule has 4 rings (SSSR count). The van der Waals surface area contributed by atoms with E-state index in [0.717, 1.165) is 32.6 Å². The standard InChI is InChI=1S/C18H28N6O2/c1-18(2,3)24-5-4-12(11-24)20-15-13(19)10-14-16(21-15)22-17(26-14)23-6-8-25-9-7-23/h10,12H,4-9,11,19H2,1-3H3,(H,20,21)/t12-/m0/s1. The fourth-order valence-corrected chi connectivity index (χ4v) is 3.55. The van der Waals surface area contributed by atoms with Gasteiger partial charge in [0, 0.05) is 43.8 Å². The van der Waals surface area contributed by atoms with Crippen molar-refractivity contribution in [1.82, 2.24) is 14.9 Å². The van der Waals surface area contributed by atoms with Crippen LogP contribution in [0, 0.1) is 0 Å².